The van der Waals surface area contributed by atoms with Crippen molar-refractivity contribution in [2.45, 2.75) is 32.6 Å². The Morgan fingerprint density at radius 2 is 2.06 bits per heavy atom. The average molecular weight is 243 g/mol. The summed E-state index contributed by atoms with van der Waals surface area (Å²) < 4.78 is 0. The highest BCUT2D eigenvalue weighted by atomic mass is 16.1. The smallest absolute Gasteiger partial charge is 0.163 e. The third kappa shape index (κ3) is 1.79. The summed E-state index contributed by atoms with van der Waals surface area (Å²) in [6, 6.07) is 4.39. The van der Waals surface area contributed by atoms with Crippen LogP contribution in [-0.4, -0.2) is 30.8 Å². The molecule has 96 valence electrons. The van der Waals surface area contributed by atoms with Gasteiger partial charge in [0.2, 0.25) is 0 Å². The van der Waals surface area contributed by atoms with Crippen molar-refractivity contribution in [2.24, 2.45) is 5.92 Å². The van der Waals surface area contributed by atoms with E-state index < -0.39 is 0 Å². The van der Waals surface area contributed by atoms with E-state index in [4.69, 9.17) is 0 Å². The molecule has 1 heterocycles. The van der Waals surface area contributed by atoms with Gasteiger partial charge in [-0.3, -0.25) is 4.79 Å². The minimum absolute atomic E-state index is 0.369. The van der Waals surface area contributed by atoms with E-state index in [1.807, 2.05) is 0 Å². The molecule has 1 fully saturated rings. The summed E-state index contributed by atoms with van der Waals surface area (Å²) in [5.74, 6) is 1.51. The predicted octanol–water partition coefficient (Wildman–Crippen LogP) is 2.93. The minimum Gasteiger partial charge on any atom is -0.306 e. The average Bonchev–Trinajstić information content (AvgIpc) is 2.29. The first-order valence-corrected chi connectivity index (χ1v) is 6.89. The van der Waals surface area contributed by atoms with Gasteiger partial charge in [-0.2, -0.15) is 0 Å². The van der Waals surface area contributed by atoms with Crippen molar-refractivity contribution in [2.75, 3.05) is 20.1 Å². The number of ketones is 1. The molecule has 0 bridgehead atoms. The Bertz CT molecular complexity index is 506. The molecule has 0 unspecified atom stereocenters. The minimum atomic E-state index is 0.369. The maximum absolute atomic E-state index is 12.3. The van der Waals surface area contributed by atoms with Crippen molar-refractivity contribution in [1.29, 1.82) is 0 Å². The van der Waals surface area contributed by atoms with Gasteiger partial charge in [0.25, 0.3) is 0 Å². The van der Waals surface area contributed by atoms with Gasteiger partial charge in [-0.1, -0.05) is 17.7 Å². The topological polar surface area (TPSA) is 20.3 Å². The molecule has 1 aliphatic carbocycles. The van der Waals surface area contributed by atoms with Crippen LogP contribution in [0.4, 0.5) is 0 Å². The number of carbonyl (C=O) groups is 1. The highest BCUT2D eigenvalue weighted by molar-refractivity contribution is 6.00. The molecule has 2 aliphatic rings. The molecule has 2 atom stereocenters. The standard InChI is InChI=1S/C16H21NO/c1-10-6-11(2)16-13(7-10)14-9-17(3)5-4-12(14)8-15(16)18/h6-7,12,14H,4-5,8-9H2,1-3H3/t12-,14-/m1/s1. The quantitative estimate of drug-likeness (QED) is 0.698. The van der Waals surface area contributed by atoms with E-state index in [9.17, 15) is 4.79 Å². The third-order valence-electron chi connectivity index (χ3n) is 4.60. The first-order valence-electron chi connectivity index (χ1n) is 6.89. The van der Waals surface area contributed by atoms with Crippen LogP contribution < -0.4 is 0 Å². The molecule has 2 heteroatoms. The molecule has 0 aromatic heterocycles. The predicted molar refractivity (Wildman–Crippen MR) is 73.2 cm³/mol. The summed E-state index contributed by atoms with van der Waals surface area (Å²) in [5, 5.41) is 0. The summed E-state index contributed by atoms with van der Waals surface area (Å²) >= 11 is 0. The van der Waals surface area contributed by atoms with E-state index in [1.165, 1.54) is 23.1 Å². The number of carbonyl (C=O) groups excluding carboxylic acids is 1. The molecule has 1 aromatic carbocycles. The number of hydrogen-bond acceptors (Lipinski definition) is 2. The second kappa shape index (κ2) is 4.20. The number of likely N-dealkylation sites (tertiary alicyclic amines) is 1. The second-order valence-corrected chi connectivity index (χ2v) is 6.09. The lowest BCUT2D eigenvalue weighted by Gasteiger charge is -2.41. The summed E-state index contributed by atoms with van der Waals surface area (Å²) in [5.41, 5.74) is 4.80. The fourth-order valence-corrected chi connectivity index (χ4v) is 3.77. The molecule has 1 aromatic rings. The number of aryl methyl sites for hydroxylation is 2. The van der Waals surface area contributed by atoms with Crippen LogP contribution in [0, 0.1) is 19.8 Å². The fraction of sp³-hybridized carbons (Fsp3) is 0.562. The van der Waals surface area contributed by atoms with Crippen LogP contribution in [0.25, 0.3) is 0 Å². The second-order valence-electron chi connectivity index (χ2n) is 6.09. The van der Waals surface area contributed by atoms with Crippen molar-refractivity contribution in [3.05, 3.63) is 34.4 Å². The zero-order valence-electron chi connectivity index (χ0n) is 11.5. The molecular weight excluding hydrogens is 222 g/mol. The Balaban J connectivity index is 2.12. The zero-order valence-corrected chi connectivity index (χ0v) is 11.5. The molecular formula is C16H21NO. The first-order chi connectivity index (χ1) is 8.56. The fourth-order valence-electron chi connectivity index (χ4n) is 3.77. The van der Waals surface area contributed by atoms with Crippen LogP contribution in [0.1, 0.15) is 45.8 Å². The molecule has 1 saturated heterocycles. The number of likely N-dealkylation sites (N-methyl/N-ethyl adjacent to an activating group) is 1. The van der Waals surface area contributed by atoms with E-state index in [0.717, 1.165) is 25.1 Å². The number of fused-ring (bicyclic) bond motifs is 3. The first kappa shape index (κ1) is 11.9. The lowest BCUT2D eigenvalue weighted by atomic mass is 9.70. The summed E-state index contributed by atoms with van der Waals surface area (Å²) in [6.07, 6.45) is 1.93. The largest absolute Gasteiger partial charge is 0.306 e. The Labute approximate surface area is 109 Å². The lowest BCUT2D eigenvalue weighted by molar-refractivity contribution is 0.0886. The van der Waals surface area contributed by atoms with Crippen molar-refractivity contribution >= 4 is 5.78 Å². The monoisotopic (exact) mass is 243 g/mol. The van der Waals surface area contributed by atoms with E-state index >= 15 is 0 Å². The molecule has 18 heavy (non-hydrogen) atoms. The molecule has 0 radical (unpaired) electrons. The van der Waals surface area contributed by atoms with Crippen molar-refractivity contribution < 1.29 is 4.79 Å². The summed E-state index contributed by atoms with van der Waals surface area (Å²) in [4.78, 5) is 14.7. The Morgan fingerprint density at radius 1 is 1.28 bits per heavy atom. The molecule has 0 N–H and O–H groups in total. The Hall–Kier alpha value is -1.15. The molecule has 0 amide bonds. The molecule has 3 rings (SSSR count). The van der Waals surface area contributed by atoms with Gasteiger partial charge in [-0.15, -0.1) is 0 Å². The van der Waals surface area contributed by atoms with Crippen LogP contribution >= 0.6 is 0 Å². The van der Waals surface area contributed by atoms with Crippen LogP contribution in [0.15, 0.2) is 12.1 Å². The highest BCUT2D eigenvalue weighted by Crippen LogP contribution is 2.42. The maximum atomic E-state index is 12.3. The Morgan fingerprint density at radius 3 is 2.83 bits per heavy atom. The highest BCUT2D eigenvalue weighted by Gasteiger charge is 2.37. The summed E-state index contributed by atoms with van der Waals surface area (Å²) in [7, 11) is 2.19. The normalized spacial score (nSPS) is 27.8. The Kier molecular flexibility index (Phi) is 2.78. The van der Waals surface area contributed by atoms with Crippen molar-refractivity contribution in [1.82, 2.24) is 4.90 Å². The molecule has 0 spiro atoms. The van der Waals surface area contributed by atoms with Gasteiger partial charge in [0.15, 0.2) is 5.78 Å². The van der Waals surface area contributed by atoms with Crippen LogP contribution in [0.3, 0.4) is 0 Å². The summed E-state index contributed by atoms with van der Waals surface area (Å²) in [6.45, 7) is 6.45. The number of rotatable bonds is 0. The van der Waals surface area contributed by atoms with Crippen molar-refractivity contribution in [3.63, 3.8) is 0 Å². The number of piperidine rings is 1. The van der Waals surface area contributed by atoms with Gasteiger partial charge >= 0.3 is 0 Å². The van der Waals surface area contributed by atoms with Gasteiger partial charge in [0.05, 0.1) is 0 Å². The SMILES string of the molecule is Cc1cc(C)c2c(c1)[C@@H]1CN(C)CC[C@@H]1CC2=O. The number of nitrogens with zero attached hydrogens (tertiary/aromatic N) is 1. The number of hydrogen-bond donors (Lipinski definition) is 0. The molecule has 1 aliphatic heterocycles. The zero-order chi connectivity index (χ0) is 12.9. The van der Waals surface area contributed by atoms with E-state index in [1.54, 1.807) is 0 Å². The van der Waals surface area contributed by atoms with E-state index in [0.29, 0.717) is 17.6 Å². The van der Waals surface area contributed by atoms with Crippen LogP contribution in [0.5, 0.6) is 0 Å². The van der Waals surface area contributed by atoms with Gasteiger partial charge in [0, 0.05) is 24.4 Å². The van der Waals surface area contributed by atoms with Crippen molar-refractivity contribution in [3.8, 4) is 0 Å². The van der Waals surface area contributed by atoms with Gasteiger partial charge in [-0.05, 0) is 50.9 Å². The molecule has 0 saturated carbocycles. The number of benzene rings is 1. The van der Waals surface area contributed by atoms with Crippen LogP contribution in [-0.2, 0) is 0 Å². The third-order valence-corrected chi connectivity index (χ3v) is 4.60. The maximum Gasteiger partial charge on any atom is 0.163 e. The van der Waals surface area contributed by atoms with Gasteiger partial charge < -0.3 is 4.90 Å². The lowest BCUT2D eigenvalue weighted by Crippen LogP contribution is -2.40. The number of Topliss-reactive ketones (excluding diaryl/α,β-unsaturated/α-hetero) is 1. The van der Waals surface area contributed by atoms with Crippen LogP contribution in [0.2, 0.25) is 0 Å². The molecule has 2 nitrogen and oxygen atoms in total. The van der Waals surface area contributed by atoms with Gasteiger partial charge in [-0.25, -0.2) is 0 Å². The van der Waals surface area contributed by atoms with E-state index in [-0.39, 0.29) is 0 Å². The van der Waals surface area contributed by atoms with Gasteiger partial charge in [0.1, 0.15) is 0 Å². The van der Waals surface area contributed by atoms with E-state index in [2.05, 4.69) is 37.9 Å².